The fraction of sp³-hybridized carbons (Fsp3) is 0.375. The van der Waals surface area contributed by atoms with Crippen molar-refractivity contribution < 1.29 is 4.42 Å². The number of aryl methyl sites for hydroxylation is 1. The Hall–Kier alpha value is -1.65. The van der Waals surface area contributed by atoms with Crippen LogP contribution >= 0.6 is 0 Å². The van der Waals surface area contributed by atoms with Crippen LogP contribution in [0.1, 0.15) is 18.7 Å². The fourth-order valence-electron chi connectivity index (χ4n) is 1.03. The molecule has 2 aromatic rings. The van der Waals surface area contributed by atoms with E-state index in [1.165, 1.54) is 0 Å². The predicted octanol–water partition coefficient (Wildman–Crippen LogP) is 0.877. The van der Waals surface area contributed by atoms with Gasteiger partial charge in [0.2, 0.25) is 11.8 Å². The van der Waals surface area contributed by atoms with Crippen LogP contribution in [-0.2, 0) is 13.0 Å². The molecule has 0 aliphatic heterocycles. The van der Waals surface area contributed by atoms with Crippen molar-refractivity contribution in [3.63, 3.8) is 0 Å². The minimum absolute atomic E-state index is 0.542. The second-order valence-corrected chi connectivity index (χ2v) is 2.65. The Morgan fingerprint density at radius 2 is 2.23 bits per heavy atom. The van der Waals surface area contributed by atoms with E-state index < -0.39 is 0 Å². The van der Waals surface area contributed by atoms with Crippen LogP contribution in [0.4, 0.5) is 0 Å². The summed E-state index contributed by atoms with van der Waals surface area (Å²) < 4.78 is 7.07. The SMILES string of the molecule is CCc1nnc(Cn2cccn2)o1. The van der Waals surface area contributed by atoms with Gasteiger partial charge in [0.05, 0.1) is 0 Å². The summed E-state index contributed by atoms with van der Waals surface area (Å²) in [6, 6.07) is 1.86. The maximum absolute atomic E-state index is 5.32. The maximum atomic E-state index is 5.32. The summed E-state index contributed by atoms with van der Waals surface area (Å²) in [6.07, 6.45) is 4.35. The largest absolute Gasteiger partial charge is 0.423 e. The average molecular weight is 178 g/mol. The molecule has 13 heavy (non-hydrogen) atoms. The molecule has 0 saturated heterocycles. The lowest BCUT2D eigenvalue weighted by molar-refractivity contribution is 0.433. The van der Waals surface area contributed by atoms with Crippen LogP contribution in [0.25, 0.3) is 0 Å². The average Bonchev–Trinajstić information content (AvgIpc) is 2.76. The molecule has 0 aromatic carbocycles. The predicted molar refractivity (Wildman–Crippen MR) is 45.0 cm³/mol. The number of hydrogen-bond donors (Lipinski definition) is 0. The molecule has 2 heterocycles. The zero-order chi connectivity index (χ0) is 9.10. The molecule has 0 aliphatic rings. The second kappa shape index (κ2) is 3.38. The van der Waals surface area contributed by atoms with Crippen LogP contribution in [0, 0.1) is 0 Å². The van der Waals surface area contributed by atoms with E-state index >= 15 is 0 Å². The van der Waals surface area contributed by atoms with Gasteiger partial charge in [0.1, 0.15) is 6.54 Å². The molecule has 2 aromatic heterocycles. The lowest BCUT2D eigenvalue weighted by Gasteiger charge is -1.93. The summed E-state index contributed by atoms with van der Waals surface area (Å²) in [5.74, 6) is 1.27. The monoisotopic (exact) mass is 178 g/mol. The molecule has 0 amide bonds. The van der Waals surface area contributed by atoms with Crippen molar-refractivity contribution in [1.82, 2.24) is 20.0 Å². The summed E-state index contributed by atoms with van der Waals surface area (Å²) in [7, 11) is 0. The van der Waals surface area contributed by atoms with Gasteiger partial charge in [-0.05, 0) is 6.07 Å². The first-order chi connectivity index (χ1) is 6.38. The van der Waals surface area contributed by atoms with Crippen molar-refractivity contribution in [3.05, 3.63) is 30.2 Å². The Balaban J connectivity index is 2.10. The van der Waals surface area contributed by atoms with Crippen molar-refractivity contribution in [3.8, 4) is 0 Å². The van der Waals surface area contributed by atoms with Gasteiger partial charge in [0.25, 0.3) is 0 Å². The van der Waals surface area contributed by atoms with E-state index in [-0.39, 0.29) is 0 Å². The third-order valence-electron chi connectivity index (χ3n) is 1.67. The zero-order valence-electron chi connectivity index (χ0n) is 7.34. The van der Waals surface area contributed by atoms with E-state index in [0.717, 1.165) is 6.42 Å². The highest BCUT2D eigenvalue weighted by Crippen LogP contribution is 2.01. The van der Waals surface area contributed by atoms with E-state index in [1.807, 2.05) is 19.2 Å². The minimum atomic E-state index is 0.542. The van der Waals surface area contributed by atoms with Crippen LogP contribution in [-0.4, -0.2) is 20.0 Å². The molecular weight excluding hydrogens is 168 g/mol. The molecule has 0 fully saturated rings. The van der Waals surface area contributed by atoms with Crippen molar-refractivity contribution in [2.75, 3.05) is 0 Å². The molecule has 0 aliphatic carbocycles. The molecule has 5 heteroatoms. The number of rotatable bonds is 3. The maximum Gasteiger partial charge on any atom is 0.237 e. The fourth-order valence-corrected chi connectivity index (χ4v) is 1.03. The van der Waals surface area contributed by atoms with E-state index in [9.17, 15) is 0 Å². The van der Waals surface area contributed by atoms with E-state index in [1.54, 1.807) is 10.9 Å². The molecule has 2 rings (SSSR count). The van der Waals surface area contributed by atoms with Crippen LogP contribution in [0.3, 0.4) is 0 Å². The first-order valence-corrected chi connectivity index (χ1v) is 4.17. The Morgan fingerprint density at radius 1 is 1.38 bits per heavy atom. The van der Waals surface area contributed by atoms with Crippen molar-refractivity contribution in [2.24, 2.45) is 0 Å². The molecule has 0 saturated carbocycles. The first-order valence-electron chi connectivity index (χ1n) is 4.17. The highest BCUT2D eigenvalue weighted by Gasteiger charge is 2.04. The lowest BCUT2D eigenvalue weighted by atomic mass is 10.5. The van der Waals surface area contributed by atoms with E-state index in [2.05, 4.69) is 15.3 Å². The quantitative estimate of drug-likeness (QED) is 0.700. The van der Waals surface area contributed by atoms with Gasteiger partial charge < -0.3 is 4.42 Å². The van der Waals surface area contributed by atoms with Gasteiger partial charge in [-0.15, -0.1) is 10.2 Å². The Bertz CT molecular complexity index is 365. The Morgan fingerprint density at radius 3 is 2.85 bits per heavy atom. The number of hydrogen-bond acceptors (Lipinski definition) is 4. The molecule has 68 valence electrons. The van der Waals surface area contributed by atoms with Crippen LogP contribution in [0.15, 0.2) is 22.9 Å². The van der Waals surface area contributed by atoms with Crippen molar-refractivity contribution in [1.29, 1.82) is 0 Å². The summed E-state index contributed by atoms with van der Waals surface area (Å²) in [6.45, 7) is 2.52. The molecule has 0 bridgehead atoms. The topological polar surface area (TPSA) is 56.7 Å². The summed E-state index contributed by atoms with van der Waals surface area (Å²) in [5, 5.41) is 11.8. The highest BCUT2D eigenvalue weighted by atomic mass is 16.4. The third kappa shape index (κ3) is 1.74. The molecule has 0 unspecified atom stereocenters. The molecule has 0 spiro atoms. The standard InChI is InChI=1S/C8H10N4O/c1-2-7-10-11-8(13-7)6-12-5-3-4-9-12/h3-5H,2,6H2,1H3. The number of aromatic nitrogens is 4. The van der Waals surface area contributed by atoms with Crippen LogP contribution in [0.5, 0.6) is 0 Å². The van der Waals surface area contributed by atoms with E-state index in [0.29, 0.717) is 18.3 Å². The van der Waals surface area contributed by atoms with Gasteiger partial charge in [0.15, 0.2) is 0 Å². The molecule has 5 nitrogen and oxygen atoms in total. The van der Waals surface area contributed by atoms with Crippen LogP contribution < -0.4 is 0 Å². The highest BCUT2D eigenvalue weighted by molar-refractivity contribution is 4.85. The number of nitrogens with zero attached hydrogens (tertiary/aromatic N) is 4. The smallest absolute Gasteiger partial charge is 0.237 e. The van der Waals surface area contributed by atoms with Crippen molar-refractivity contribution in [2.45, 2.75) is 19.9 Å². The molecule has 0 radical (unpaired) electrons. The first kappa shape index (κ1) is 7.97. The zero-order valence-corrected chi connectivity index (χ0v) is 7.34. The Labute approximate surface area is 75.4 Å². The molecule has 0 N–H and O–H groups in total. The molecular formula is C8H10N4O. The van der Waals surface area contributed by atoms with Gasteiger partial charge in [-0.25, -0.2) is 0 Å². The summed E-state index contributed by atoms with van der Waals surface area (Å²) in [5.41, 5.74) is 0. The van der Waals surface area contributed by atoms with E-state index in [4.69, 9.17) is 4.42 Å². The van der Waals surface area contributed by atoms with Gasteiger partial charge in [0, 0.05) is 18.8 Å². The molecule has 0 atom stereocenters. The van der Waals surface area contributed by atoms with Gasteiger partial charge in [-0.3, -0.25) is 4.68 Å². The summed E-state index contributed by atoms with van der Waals surface area (Å²) in [4.78, 5) is 0. The van der Waals surface area contributed by atoms with Gasteiger partial charge in [-0.1, -0.05) is 6.92 Å². The third-order valence-corrected chi connectivity index (χ3v) is 1.67. The van der Waals surface area contributed by atoms with Crippen LogP contribution in [0.2, 0.25) is 0 Å². The van der Waals surface area contributed by atoms with Gasteiger partial charge >= 0.3 is 0 Å². The second-order valence-electron chi connectivity index (χ2n) is 2.65. The Kier molecular flexibility index (Phi) is 2.08. The lowest BCUT2D eigenvalue weighted by Crippen LogP contribution is -1.99. The normalized spacial score (nSPS) is 10.5. The van der Waals surface area contributed by atoms with Gasteiger partial charge in [-0.2, -0.15) is 5.10 Å². The summed E-state index contributed by atoms with van der Waals surface area (Å²) >= 11 is 0. The minimum Gasteiger partial charge on any atom is -0.423 e. The van der Waals surface area contributed by atoms with Crippen molar-refractivity contribution >= 4 is 0 Å².